The molecule has 7 heteroatoms. The molecule has 7 nitrogen and oxygen atoms in total. The van der Waals surface area contributed by atoms with Gasteiger partial charge >= 0.3 is 0 Å². The molecule has 0 saturated heterocycles. The Kier molecular flexibility index (Phi) is 3.60. The number of ether oxygens (including phenoxy) is 2. The number of hydrogen-bond donors (Lipinski definition) is 1. The second-order valence-corrected chi connectivity index (χ2v) is 6.83. The van der Waals surface area contributed by atoms with Crippen molar-refractivity contribution in [1.82, 2.24) is 24.7 Å². The van der Waals surface area contributed by atoms with Gasteiger partial charge in [-0.15, -0.1) is 0 Å². The highest BCUT2D eigenvalue weighted by Crippen LogP contribution is 2.34. The van der Waals surface area contributed by atoms with Crippen LogP contribution in [0.1, 0.15) is 24.2 Å². The van der Waals surface area contributed by atoms with Gasteiger partial charge in [0.25, 0.3) is 0 Å². The standard InChI is InChI=1S/C20H19N5O2/c1-12(8-13-5-6-15-16(9-13)27-11-26-15)19-22-18-17(14-4-3-7-21-10-14)24-25(2)20(18)23-19/h3-7,9-10,12H,8,11H2,1-2H3,(H,22,23)/t12-/m1/s1. The SMILES string of the molecule is C[C@H](Cc1ccc2c(c1)OCO2)c1nc2c([nH]1)c(-c1cccnc1)nn2C. The molecule has 1 aromatic carbocycles. The normalized spacial score (nSPS) is 14.0. The number of hydrogen-bond acceptors (Lipinski definition) is 5. The molecule has 5 rings (SSSR count). The van der Waals surface area contributed by atoms with Crippen LogP contribution >= 0.6 is 0 Å². The Balaban J connectivity index is 1.46. The molecule has 0 radical (unpaired) electrons. The fourth-order valence-corrected chi connectivity index (χ4v) is 3.48. The summed E-state index contributed by atoms with van der Waals surface area (Å²) in [5.74, 6) is 2.79. The Morgan fingerprint density at radius 3 is 2.96 bits per heavy atom. The monoisotopic (exact) mass is 361 g/mol. The quantitative estimate of drug-likeness (QED) is 0.602. The highest BCUT2D eigenvalue weighted by Gasteiger charge is 2.20. The number of aromatic amines is 1. The fourth-order valence-electron chi connectivity index (χ4n) is 3.48. The topological polar surface area (TPSA) is 77.8 Å². The first-order valence-electron chi connectivity index (χ1n) is 8.90. The van der Waals surface area contributed by atoms with Crippen molar-refractivity contribution in [3.8, 4) is 22.8 Å². The highest BCUT2D eigenvalue weighted by atomic mass is 16.7. The zero-order valence-electron chi connectivity index (χ0n) is 15.1. The number of fused-ring (bicyclic) bond motifs is 2. The van der Waals surface area contributed by atoms with Crippen molar-refractivity contribution < 1.29 is 9.47 Å². The highest BCUT2D eigenvalue weighted by molar-refractivity contribution is 5.88. The molecule has 0 unspecified atom stereocenters. The molecule has 1 aliphatic heterocycles. The number of benzene rings is 1. The van der Waals surface area contributed by atoms with Crippen LogP contribution in [0.2, 0.25) is 0 Å². The Hall–Kier alpha value is -3.35. The first-order valence-corrected chi connectivity index (χ1v) is 8.90. The van der Waals surface area contributed by atoms with Crippen LogP contribution in [0.4, 0.5) is 0 Å². The van der Waals surface area contributed by atoms with E-state index in [4.69, 9.17) is 14.5 Å². The average Bonchev–Trinajstić information content (AvgIpc) is 3.38. The predicted octanol–water partition coefficient (Wildman–Crippen LogP) is 3.43. The van der Waals surface area contributed by atoms with E-state index in [1.54, 1.807) is 6.20 Å². The van der Waals surface area contributed by atoms with Gasteiger partial charge in [-0.05, 0) is 36.2 Å². The molecule has 0 aliphatic carbocycles. The third kappa shape index (κ3) is 2.71. The Morgan fingerprint density at radius 1 is 1.22 bits per heavy atom. The van der Waals surface area contributed by atoms with E-state index in [2.05, 4.69) is 28.1 Å². The largest absolute Gasteiger partial charge is 0.454 e. The summed E-state index contributed by atoms with van der Waals surface area (Å²) < 4.78 is 12.7. The van der Waals surface area contributed by atoms with Gasteiger partial charge in [-0.1, -0.05) is 13.0 Å². The molecule has 1 N–H and O–H groups in total. The van der Waals surface area contributed by atoms with E-state index in [0.717, 1.165) is 46.2 Å². The van der Waals surface area contributed by atoms with Gasteiger partial charge in [0.15, 0.2) is 17.1 Å². The Morgan fingerprint density at radius 2 is 2.11 bits per heavy atom. The summed E-state index contributed by atoms with van der Waals surface area (Å²) in [7, 11) is 1.91. The number of aryl methyl sites for hydroxylation is 1. The number of nitrogens with one attached hydrogen (secondary N) is 1. The number of nitrogens with zero attached hydrogens (tertiary/aromatic N) is 4. The van der Waals surface area contributed by atoms with E-state index in [0.29, 0.717) is 6.79 Å². The van der Waals surface area contributed by atoms with Crippen molar-refractivity contribution >= 4 is 11.2 Å². The lowest BCUT2D eigenvalue weighted by Crippen LogP contribution is -2.02. The van der Waals surface area contributed by atoms with Crippen molar-refractivity contribution in [2.75, 3.05) is 6.79 Å². The minimum atomic E-state index is 0.222. The lowest BCUT2D eigenvalue weighted by molar-refractivity contribution is 0.174. The second-order valence-electron chi connectivity index (χ2n) is 6.83. The number of imidazole rings is 1. The van der Waals surface area contributed by atoms with E-state index in [9.17, 15) is 0 Å². The van der Waals surface area contributed by atoms with Crippen LogP contribution in [0.15, 0.2) is 42.7 Å². The van der Waals surface area contributed by atoms with E-state index in [1.165, 1.54) is 5.56 Å². The summed E-state index contributed by atoms with van der Waals surface area (Å²) in [6, 6.07) is 10.0. The van der Waals surface area contributed by atoms with Crippen LogP contribution in [-0.4, -0.2) is 31.5 Å². The van der Waals surface area contributed by atoms with E-state index in [-0.39, 0.29) is 5.92 Å². The number of aromatic nitrogens is 5. The molecule has 1 aliphatic rings. The number of H-pyrrole nitrogens is 1. The summed E-state index contributed by atoms with van der Waals surface area (Å²) in [4.78, 5) is 12.5. The third-order valence-corrected chi connectivity index (χ3v) is 4.88. The van der Waals surface area contributed by atoms with Gasteiger partial charge in [-0.2, -0.15) is 5.10 Å². The van der Waals surface area contributed by atoms with Crippen LogP contribution in [0.5, 0.6) is 11.5 Å². The molecule has 136 valence electrons. The molecule has 0 fully saturated rings. The molecular formula is C20H19N5O2. The minimum Gasteiger partial charge on any atom is -0.454 e. The third-order valence-electron chi connectivity index (χ3n) is 4.88. The summed E-state index contributed by atoms with van der Waals surface area (Å²) in [5, 5.41) is 4.60. The van der Waals surface area contributed by atoms with Gasteiger partial charge < -0.3 is 14.5 Å². The molecule has 4 aromatic rings. The van der Waals surface area contributed by atoms with Gasteiger partial charge in [0, 0.05) is 30.9 Å². The van der Waals surface area contributed by atoms with Gasteiger partial charge in [0.1, 0.15) is 17.0 Å². The lowest BCUT2D eigenvalue weighted by atomic mass is 10.0. The molecule has 0 bridgehead atoms. The van der Waals surface area contributed by atoms with Crippen molar-refractivity contribution in [2.24, 2.45) is 7.05 Å². The first kappa shape index (κ1) is 15.9. The van der Waals surface area contributed by atoms with Crippen LogP contribution in [0, 0.1) is 0 Å². The van der Waals surface area contributed by atoms with Crippen LogP contribution in [0.3, 0.4) is 0 Å². The zero-order valence-corrected chi connectivity index (χ0v) is 15.1. The summed E-state index contributed by atoms with van der Waals surface area (Å²) in [5.41, 5.74) is 4.83. The molecule has 0 amide bonds. The molecule has 0 saturated carbocycles. The van der Waals surface area contributed by atoms with Crippen molar-refractivity contribution in [3.63, 3.8) is 0 Å². The van der Waals surface area contributed by atoms with Crippen LogP contribution in [0.25, 0.3) is 22.4 Å². The Bertz CT molecular complexity index is 1120. The molecule has 4 heterocycles. The van der Waals surface area contributed by atoms with Crippen molar-refractivity contribution in [3.05, 3.63) is 54.1 Å². The first-order chi connectivity index (χ1) is 13.2. The summed E-state index contributed by atoms with van der Waals surface area (Å²) in [6.45, 7) is 2.46. The predicted molar refractivity (Wildman–Crippen MR) is 101 cm³/mol. The van der Waals surface area contributed by atoms with Crippen molar-refractivity contribution in [2.45, 2.75) is 19.3 Å². The smallest absolute Gasteiger partial charge is 0.231 e. The van der Waals surface area contributed by atoms with E-state index >= 15 is 0 Å². The van der Waals surface area contributed by atoms with E-state index in [1.807, 2.05) is 42.2 Å². The zero-order chi connectivity index (χ0) is 18.4. The maximum absolute atomic E-state index is 5.48. The lowest BCUT2D eigenvalue weighted by Gasteiger charge is -2.09. The Labute approximate surface area is 156 Å². The number of pyridine rings is 1. The maximum Gasteiger partial charge on any atom is 0.231 e. The molecule has 1 atom stereocenters. The van der Waals surface area contributed by atoms with Gasteiger partial charge in [-0.25, -0.2) is 9.67 Å². The fraction of sp³-hybridized carbons (Fsp3) is 0.250. The minimum absolute atomic E-state index is 0.222. The van der Waals surface area contributed by atoms with Crippen LogP contribution < -0.4 is 9.47 Å². The van der Waals surface area contributed by atoms with Gasteiger partial charge in [0.2, 0.25) is 6.79 Å². The van der Waals surface area contributed by atoms with Gasteiger partial charge in [-0.3, -0.25) is 4.98 Å². The summed E-state index contributed by atoms with van der Waals surface area (Å²) >= 11 is 0. The molecule has 3 aromatic heterocycles. The maximum atomic E-state index is 5.48. The second kappa shape index (κ2) is 6.12. The average molecular weight is 361 g/mol. The summed E-state index contributed by atoms with van der Waals surface area (Å²) in [6.07, 6.45) is 4.43. The molecule has 27 heavy (non-hydrogen) atoms. The van der Waals surface area contributed by atoms with Gasteiger partial charge in [0.05, 0.1) is 0 Å². The van der Waals surface area contributed by atoms with Crippen LogP contribution in [-0.2, 0) is 13.5 Å². The van der Waals surface area contributed by atoms with E-state index < -0.39 is 0 Å². The number of rotatable bonds is 4. The molecule has 0 spiro atoms. The molecular weight excluding hydrogens is 342 g/mol. The van der Waals surface area contributed by atoms with Crippen molar-refractivity contribution in [1.29, 1.82) is 0 Å².